The van der Waals surface area contributed by atoms with Crippen molar-refractivity contribution in [1.29, 1.82) is 0 Å². The lowest BCUT2D eigenvalue weighted by Crippen LogP contribution is -2.39. The van der Waals surface area contributed by atoms with Crippen molar-refractivity contribution in [2.24, 2.45) is 0 Å². The van der Waals surface area contributed by atoms with E-state index in [1.165, 1.54) is 5.56 Å². The van der Waals surface area contributed by atoms with Crippen molar-refractivity contribution in [3.63, 3.8) is 0 Å². The van der Waals surface area contributed by atoms with E-state index in [0.717, 1.165) is 31.5 Å². The maximum absolute atomic E-state index is 11.7. The maximum atomic E-state index is 11.7. The fourth-order valence-corrected chi connectivity index (χ4v) is 2.98. The Bertz CT molecular complexity index is 479. The average molecular weight is 283 g/mol. The van der Waals surface area contributed by atoms with Crippen LogP contribution in [0.2, 0.25) is 0 Å². The number of hydrogen-bond acceptors (Lipinski definition) is 3. The highest BCUT2D eigenvalue weighted by atomic mass is 35.5. The lowest BCUT2D eigenvalue weighted by molar-refractivity contribution is -0.128. The number of phenolic OH excluding ortho intramolecular Hbond substituents is 1. The summed E-state index contributed by atoms with van der Waals surface area (Å²) in [5.41, 5.74) is 2.17. The van der Waals surface area contributed by atoms with E-state index >= 15 is 0 Å². The van der Waals surface area contributed by atoms with Gasteiger partial charge in [0.2, 0.25) is 5.91 Å². The number of likely N-dealkylation sites (tertiary alicyclic amines) is 1. The van der Waals surface area contributed by atoms with Gasteiger partial charge in [0.25, 0.3) is 0 Å². The molecule has 104 valence electrons. The highest BCUT2D eigenvalue weighted by molar-refractivity contribution is 5.85. The molecule has 1 atom stereocenters. The predicted octanol–water partition coefficient (Wildman–Crippen LogP) is 1.62. The molecule has 2 aliphatic rings. The fourth-order valence-electron chi connectivity index (χ4n) is 2.98. The summed E-state index contributed by atoms with van der Waals surface area (Å²) in [7, 11) is 0. The lowest BCUT2D eigenvalue weighted by atomic mass is 9.93. The normalized spacial score (nSPS) is 22.0. The predicted molar refractivity (Wildman–Crippen MR) is 75.6 cm³/mol. The van der Waals surface area contributed by atoms with Gasteiger partial charge in [-0.3, -0.25) is 4.79 Å². The molecule has 1 aromatic carbocycles. The second-order valence-corrected chi connectivity index (χ2v) is 5.05. The highest BCUT2D eigenvalue weighted by Gasteiger charge is 2.28. The second kappa shape index (κ2) is 5.80. The summed E-state index contributed by atoms with van der Waals surface area (Å²) in [5, 5.41) is 13.4. The number of halogens is 1. The fraction of sp³-hybridized carbons (Fsp3) is 0.500. The van der Waals surface area contributed by atoms with Crippen LogP contribution in [0.25, 0.3) is 0 Å². The summed E-state index contributed by atoms with van der Waals surface area (Å²) in [6.45, 7) is 2.42. The van der Waals surface area contributed by atoms with Crippen molar-refractivity contribution in [3.05, 3.63) is 29.3 Å². The number of fused-ring (bicyclic) bond motifs is 1. The number of phenols is 1. The molecule has 2 N–H and O–H groups in total. The quantitative estimate of drug-likeness (QED) is 0.867. The van der Waals surface area contributed by atoms with Crippen molar-refractivity contribution in [2.45, 2.75) is 25.3 Å². The van der Waals surface area contributed by atoms with Gasteiger partial charge in [-0.15, -0.1) is 12.4 Å². The van der Waals surface area contributed by atoms with Crippen molar-refractivity contribution in [2.75, 3.05) is 19.6 Å². The van der Waals surface area contributed by atoms with Crippen molar-refractivity contribution < 1.29 is 9.90 Å². The summed E-state index contributed by atoms with van der Waals surface area (Å²) in [4.78, 5) is 13.6. The molecule has 5 heteroatoms. The van der Waals surface area contributed by atoms with Gasteiger partial charge >= 0.3 is 0 Å². The van der Waals surface area contributed by atoms with Crippen LogP contribution >= 0.6 is 12.4 Å². The number of carbonyl (C=O) groups is 1. The summed E-state index contributed by atoms with van der Waals surface area (Å²) in [6.07, 6.45) is 2.56. The largest absolute Gasteiger partial charge is 0.508 e. The zero-order valence-corrected chi connectivity index (χ0v) is 11.6. The standard InChI is InChI=1S/C14H18N2O2.ClH/c17-12-4-1-3-10-6-7-15-11(14(10)12)9-16-8-2-5-13(16)18;/h1,3-4,11,15,17H,2,5-9H2;1H/t11-;/m1./s1. The first kappa shape index (κ1) is 14.2. The number of hydrogen-bond donors (Lipinski definition) is 2. The molecular formula is C14H19ClN2O2. The van der Waals surface area contributed by atoms with E-state index in [9.17, 15) is 9.90 Å². The Morgan fingerprint density at radius 1 is 1.37 bits per heavy atom. The Kier molecular flexibility index (Phi) is 4.32. The molecule has 0 spiro atoms. The molecule has 2 aliphatic heterocycles. The topological polar surface area (TPSA) is 52.6 Å². The lowest BCUT2D eigenvalue weighted by Gasteiger charge is -2.30. The van der Waals surface area contributed by atoms with Gasteiger partial charge in [0.15, 0.2) is 0 Å². The van der Waals surface area contributed by atoms with Gasteiger partial charge in [-0.25, -0.2) is 0 Å². The van der Waals surface area contributed by atoms with E-state index in [2.05, 4.69) is 11.4 Å². The first-order valence-corrected chi connectivity index (χ1v) is 6.57. The summed E-state index contributed by atoms with van der Waals surface area (Å²) < 4.78 is 0. The van der Waals surface area contributed by atoms with Gasteiger partial charge in [-0.2, -0.15) is 0 Å². The Morgan fingerprint density at radius 3 is 2.95 bits per heavy atom. The zero-order chi connectivity index (χ0) is 12.5. The number of aromatic hydroxyl groups is 1. The van der Waals surface area contributed by atoms with Crippen molar-refractivity contribution in [1.82, 2.24) is 10.2 Å². The van der Waals surface area contributed by atoms with Crippen molar-refractivity contribution in [3.8, 4) is 5.75 Å². The first-order chi connectivity index (χ1) is 8.75. The van der Waals surface area contributed by atoms with E-state index in [1.807, 2.05) is 11.0 Å². The molecule has 0 bridgehead atoms. The van der Waals surface area contributed by atoms with Crippen LogP contribution in [0.5, 0.6) is 5.75 Å². The van der Waals surface area contributed by atoms with Gasteiger partial charge in [-0.05, 0) is 31.0 Å². The van der Waals surface area contributed by atoms with Crippen LogP contribution in [0.4, 0.5) is 0 Å². The van der Waals surface area contributed by atoms with Gasteiger partial charge in [0, 0.05) is 25.1 Å². The van der Waals surface area contributed by atoms with Crippen LogP contribution in [-0.4, -0.2) is 35.5 Å². The molecule has 4 nitrogen and oxygen atoms in total. The molecule has 1 fully saturated rings. The smallest absolute Gasteiger partial charge is 0.222 e. The van der Waals surface area contributed by atoms with E-state index in [0.29, 0.717) is 18.7 Å². The third-order valence-corrected chi connectivity index (χ3v) is 3.88. The molecule has 0 aliphatic carbocycles. The van der Waals surface area contributed by atoms with Crippen LogP contribution in [-0.2, 0) is 11.2 Å². The first-order valence-electron chi connectivity index (χ1n) is 6.57. The Labute approximate surface area is 119 Å². The monoisotopic (exact) mass is 282 g/mol. The molecular weight excluding hydrogens is 264 g/mol. The minimum Gasteiger partial charge on any atom is -0.508 e. The molecule has 0 unspecified atom stereocenters. The number of rotatable bonds is 2. The van der Waals surface area contributed by atoms with Crippen LogP contribution in [0, 0.1) is 0 Å². The third-order valence-electron chi connectivity index (χ3n) is 3.88. The molecule has 3 rings (SSSR count). The van der Waals surface area contributed by atoms with Gasteiger partial charge in [0.1, 0.15) is 5.75 Å². The molecule has 0 aromatic heterocycles. The van der Waals surface area contributed by atoms with E-state index in [4.69, 9.17) is 0 Å². The average Bonchev–Trinajstić information content (AvgIpc) is 2.76. The summed E-state index contributed by atoms with van der Waals surface area (Å²) in [5.74, 6) is 0.579. The van der Waals surface area contributed by atoms with Crippen LogP contribution in [0.15, 0.2) is 18.2 Å². The molecule has 1 saturated heterocycles. The Hall–Kier alpha value is -1.26. The van der Waals surface area contributed by atoms with E-state index < -0.39 is 0 Å². The number of carbonyl (C=O) groups excluding carboxylic acids is 1. The summed E-state index contributed by atoms with van der Waals surface area (Å²) >= 11 is 0. The van der Waals surface area contributed by atoms with Crippen molar-refractivity contribution >= 4 is 18.3 Å². The van der Waals surface area contributed by atoms with Crippen LogP contribution < -0.4 is 5.32 Å². The number of benzene rings is 1. The number of nitrogens with zero attached hydrogens (tertiary/aromatic N) is 1. The minimum absolute atomic E-state index is 0. The Morgan fingerprint density at radius 2 is 2.21 bits per heavy atom. The van der Waals surface area contributed by atoms with Crippen LogP contribution in [0.1, 0.15) is 30.0 Å². The van der Waals surface area contributed by atoms with Gasteiger partial charge < -0.3 is 15.3 Å². The third kappa shape index (κ3) is 2.69. The van der Waals surface area contributed by atoms with Crippen LogP contribution in [0.3, 0.4) is 0 Å². The minimum atomic E-state index is 0. The molecule has 1 amide bonds. The molecule has 0 saturated carbocycles. The highest BCUT2D eigenvalue weighted by Crippen LogP contribution is 2.32. The molecule has 2 heterocycles. The number of nitrogens with one attached hydrogen (secondary N) is 1. The maximum Gasteiger partial charge on any atom is 0.222 e. The summed E-state index contributed by atoms with van der Waals surface area (Å²) in [6, 6.07) is 5.74. The molecule has 1 aromatic rings. The molecule has 19 heavy (non-hydrogen) atoms. The Balaban J connectivity index is 0.00000133. The van der Waals surface area contributed by atoms with Gasteiger partial charge in [0.05, 0.1) is 6.04 Å². The van der Waals surface area contributed by atoms with E-state index in [-0.39, 0.29) is 24.4 Å². The van der Waals surface area contributed by atoms with Gasteiger partial charge in [-0.1, -0.05) is 12.1 Å². The zero-order valence-electron chi connectivity index (χ0n) is 10.8. The second-order valence-electron chi connectivity index (χ2n) is 5.05. The van der Waals surface area contributed by atoms with E-state index in [1.54, 1.807) is 6.07 Å². The number of amides is 1. The SMILES string of the molecule is Cl.O=C1CCCN1C[C@H]1NCCc2cccc(O)c21. The molecule has 0 radical (unpaired) electrons.